The lowest BCUT2D eigenvalue weighted by Gasteiger charge is -2.30. The van der Waals surface area contributed by atoms with Gasteiger partial charge in [-0.25, -0.2) is 4.79 Å². The first kappa shape index (κ1) is 22.5. The van der Waals surface area contributed by atoms with Crippen LogP contribution < -0.4 is 16.0 Å². The summed E-state index contributed by atoms with van der Waals surface area (Å²) in [5, 5.41) is 8.42. The number of carbonyl (C=O) groups excluding carboxylic acids is 4. The summed E-state index contributed by atoms with van der Waals surface area (Å²) in [5.41, 5.74) is 0.443. The molecule has 2 aromatic carbocycles. The zero-order chi connectivity index (χ0) is 23.3. The molecule has 1 atom stereocenters. The molecule has 2 aromatic rings. The number of anilines is 1. The first-order valence-corrected chi connectivity index (χ1v) is 11.3. The fourth-order valence-corrected chi connectivity index (χ4v) is 4.50. The molecule has 2 fully saturated rings. The van der Waals surface area contributed by atoms with E-state index in [0.29, 0.717) is 24.1 Å². The molecule has 1 unspecified atom stereocenters. The number of nitrogens with one attached hydrogen (secondary N) is 3. The molecule has 1 aliphatic carbocycles. The van der Waals surface area contributed by atoms with Crippen LogP contribution in [0.15, 0.2) is 60.7 Å². The standard InChI is InChI=1S/C25H28N4O4/c30-20(14-17-29-23(32)25(28-24(29)33)15-8-3-9-16-25)27-21(18-10-4-1-5-11-18)22(31)26-19-12-6-2-7-13-19/h1-2,4-7,10-13,21H,3,8-9,14-17H2,(H,26,31)(H,27,30)(H,28,33). The van der Waals surface area contributed by atoms with Gasteiger partial charge in [0.05, 0.1) is 0 Å². The number of urea groups is 1. The molecule has 2 aliphatic rings. The number of hydrogen-bond donors (Lipinski definition) is 3. The van der Waals surface area contributed by atoms with Gasteiger partial charge < -0.3 is 16.0 Å². The summed E-state index contributed by atoms with van der Waals surface area (Å²) in [6.07, 6.45) is 4.04. The highest BCUT2D eigenvalue weighted by molar-refractivity contribution is 6.07. The van der Waals surface area contributed by atoms with Crippen LogP contribution >= 0.6 is 0 Å². The predicted molar refractivity (Wildman–Crippen MR) is 123 cm³/mol. The molecule has 1 saturated heterocycles. The Morgan fingerprint density at radius 1 is 0.939 bits per heavy atom. The van der Waals surface area contributed by atoms with Crippen molar-refractivity contribution in [2.24, 2.45) is 0 Å². The van der Waals surface area contributed by atoms with Crippen LogP contribution in [0, 0.1) is 0 Å². The van der Waals surface area contributed by atoms with Crippen molar-refractivity contribution in [3.8, 4) is 0 Å². The third-order valence-corrected chi connectivity index (χ3v) is 6.26. The Kier molecular flexibility index (Phi) is 6.72. The molecule has 1 spiro atoms. The minimum absolute atomic E-state index is 0.0277. The summed E-state index contributed by atoms with van der Waals surface area (Å²) >= 11 is 0. The van der Waals surface area contributed by atoms with Crippen LogP contribution in [0.1, 0.15) is 50.1 Å². The lowest BCUT2D eigenvalue weighted by molar-refractivity contribution is -0.133. The van der Waals surface area contributed by atoms with Gasteiger partial charge in [-0.15, -0.1) is 0 Å². The Hall–Kier alpha value is -3.68. The van der Waals surface area contributed by atoms with E-state index in [2.05, 4.69) is 16.0 Å². The molecular formula is C25H28N4O4. The number of nitrogens with zero attached hydrogens (tertiary/aromatic N) is 1. The largest absolute Gasteiger partial charge is 0.340 e. The highest BCUT2D eigenvalue weighted by Gasteiger charge is 2.51. The Morgan fingerprint density at radius 3 is 2.24 bits per heavy atom. The number of para-hydroxylation sites is 1. The molecule has 0 radical (unpaired) electrons. The fraction of sp³-hybridized carbons (Fsp3) is 0.360. The van der Waals surface area contributed by atoms with Crippen LogP contribution in [0.4, 0.5) is 10.5 Å². The maximum Gasteiger partial charge on any atom is 0.325 e. The number of carbonyl (C=O) groups is 4. The van der Waals surface area contributed by atoms with Crippen LogP contribution in [0.2, 0.25) is 0 Å². The van der Waals surface area contributed by atoms with E-state index in [1.165, 1.54) is 0 Å². The molecule has 3 N–H and O–H groups in total. The summed E-state index contributed by atoms with van der Waals surface area (Å²) in [5.74, 6) is -1.05. The summed E-state index contributed by atoms with van der Waals surface area (Å²) < 4.78 is 0. The lowest BCUT2D eigenvalue weighted by atomic mass is 9.82. The van der Waals surface area contributed by atoms with Gasteiger partial charge in [-0.3, -0.25) is 19.3 Å². The van der Waals surface area contributed by atoms with Crippen LogP contribution in [-0.2, 0) is 14.4 Å². The van der Waals surface area contributed by atoms with Crippen molar-refractivity contribution in [3.05, 3.63) is 66.2 Å². The summed E-state index contributed by atoms with van der Waals surface area (Å²) in [6.45, 7) is -0.0277. The molecule has 1 saturated carbocycles. The fourth-order valence-electron chi connectivity index (χ4n) is 4.50. The Balaban J connectivity index is 1.40. The number of benzene rings is 2. The van der Waals surface area contributed by atoms with Crippen molar-refractivity contribution in [1.29, 1.82) is 0 Å². The Bertz CT molecular complexity index is 1020. The van der Waals surface area contributed by atoms with Gasteiger partial charge in [0, 0.05) is 18.7 Å². The maximum absolute atomic E-state index is 13.0. The highest BCUT2D eigenvalue weighted by atomic mass is 16.2. The second-order valence-electron chi connectivity index (χ2n) is 8.55. The summed E-state index contributed by atoms with van der Waals surface area (Å²) in [4.78, 5) is 52.2. The smallest absolute Gasteiger partial charge is 0.325 e. The normalized spacial score (nSPS) is 18.0. The third-order valence-electron chi connectivity index (χ3n) is 6.26. The molecule has 0 bridgehead atoms. The first-order valence-electron chi connectivity index (χ1n) is 11.3. The zero-order valence-electron chi connectivity index (χ0n) is 18.4. The average Bonchev–Trinajstić information content (AvgIpc) is 3.06. The molecular weight excluding hydrogens is 420 g/mol. The van der Waals surface area contributed by atoms with Gasteiger partial charge in [0.25, 0.3) is 11.8 Å². The minimum Gasteiger partial charge on any atom is -0.340 e. The van der Waals surface area contributed by atoms with Crippen molar-refractivity contribution in [2.45, 2.75) is 50.1 Å². The van der Waals surface area contributed by atoms with Gasteiger partial charge in [-0.1, -0.05) is 67.8 Å². The molecule has 4 rings (SSSR count). The number of imide groups is 1. The zero-order valence-corrected chi connectivity index (χ0v) is 18.4. The van der Waals surface area contributed by atoms with Gasteiger partial charge in [0.15, 0.2) is 0 Å². The second kappa shape index (κ2) is 9.85. The van der Waals surface area contributed by atoms with E-state index in [0.717, 1.165) is 24.2 Å². The second-order valence-corrected chi connectivity index (χ2v) is 8.55. The van der Waals surface area contributed by atoms with E-state index in [1.807, 2.05) is 24.3 Å². The van der Waals surface area contributed by atoms with Crippen molar-refractivity contribution in [2.75, 3.05) is 11.9 Å². The predicted octanol–water partition coefficient (Wildman–Crippen LogP) is 3.13. The van der Waals surface area contributed by atoms with Gasteiger partial charge >= 0.3 is 6.03 Å². The van der Waals surface area contributed by atoms with Gasteiger partial charge in [0.2, 0.25) is 5.91 Å². The molecule has 0 aromatic heterocycles. The first-order chi connectivity index (χ1) is 16.0. The van der Waals surface area contributed by atoms with E-state index >= 15 is 0 Å². The SMILES string of the molecule is O=C(CCN1C(=O)NC2(CCCCC2)C1=O)NC(C(=O)Nc1ccccc1)c1ccccc1. The highest BCUT2D eigenvalue weighted by Crippen LogP contribution is 2.33. The molecule has 8 nitrogen and oxygen atoms in total. The quantitative estimate of drug-likeness (QED) is 0.566. The van der Waals surface area contributed by atoms with Crippen molar-refractivity contribution >= 4 is 29.4 Å². The molecule has 172 valence electrons. The van der Waals surface area contributed by atoms with Crippen molar-refractivity contribution < 1.29 is 19.2 Å². The van der Waals surface area contributed by atoms with E-state index in [4.69, 9.17) is 0 Å². The van der Waals surface area contributed by atoms with Gasteiger partial charge in [0.1, 0.15) is 11.6 Å². The number of rotatable bonds is 7. The third kappa shape index (κ3) is 5.05. The Morgan fingerprint density at radius 2 is 1.58 bits per heavy atom. The monoisotopic (exact) mass is 448 g/mol. The molecule has 8 heteroatoms. The Labute approximate surface area is 192 Å². The molecule has 5 amide bonds. The number of hydrogen-bond acceptors (Lipinski definition) is 4. The van der Waals surface area contributed by atoms with E-state index in [-0.39, 0.29) is 24.8 Å². The van der Waals surface area contributed by atoms with Crippen molar-refractivity contribution in [3.63, 3.8) is 0 Å². The topological polar surface area (TPSA) is 108 Å². The minimum atomic E-state index is -0.910. The van der Waals surface area contributed by atoms with Gasteiger partial charge in [-0.2, -0.15) is 0 Å². The molecule has 33 heavy (non-hydrogen) atoms. The van der Waals surface area contributed by atoms with Crippen LogP contribution in [0.25, 0.3) is 0 Å². The van der Waals surface area contributed by atoms with Crippen molar-refractivity contribution in [1.82, 2.24) is 15.5 Å². The maximum atomic E-state index is 13.0. The van der Waals surface area contributed by atoms with E-state index in [9.17, 15) is 19.2 Å². The van der Waals surface area contributed by atoms with E-state index in [1.54, 1.807) is 36.4 Å². The average molecular weight is 449 g/mol. The summed E-state index contributed by atoms with van der Waals surface area (Å²) in [6, 6.07) is 16.6. The van der Waals surface area contributed by atoms with Crippen LogP contribution in [0.5, 0.6) is 0 Å². The molecule has 1 aliphatic heterocycles. The van der Waals surface area contributed by atoms with Gasteiger partial charge in [-0.05, 0) is 30.5 Å². The van der Waals surface area contributed by atoms with Crippen LogP contribution in [0.3, 0.4) is 0 Å². The molecule has 1 heterocycles. The summed E-state index contributed by atoms with van der Waals surface area (Å²) in [7, 11) is 0. The van der Waals surface area contributed by atoms with E-state index < -0.39 is 23.5 Å². The van der Waals surface area contributed by atoms with Crippen LogP contribution in [-0.4, -0.2) is 40.7 Å². The lowest BCUT2D eigenvalue weighted by Crippen LogP contribution is -2.48. The number of amides is 5.